The molecule has 2 aromatic heterocycles. The van der Waals surface area contributed by atoms with E-state index in [-0.39, 0.29) is 23.9 Å². The van der Waals surface area contributed by atoms with Crippen LogP contribution in [0.2, 0.25) is 0 Å². The molecule has 11 heteroatoms. The van der Waals surface area contributed by atoms with Crippen molar-refractivity contribution in [2.75, 3.05) is 11.9 Å². The van der Waals surface area contributed by atoms with Gasteiger partial charge < -0.3 is 5.32 Å². The first-order valence-electron chi connectivity index (χ1n) is 10.1. The normalized spacial score (nSPS) is 11.3. The van der Waals surface area contributed by atoms with Gasteiger partial charge in [-0.25, -0.2) is 27.2 Å². The third-order valence-corrected chi connectivity index (χ3v) is 6.82. The molecule has 0 aliphatic heterocycles. The lowest BCUT2D eigenvalue weighted by Crippen LogP contribution is -2.25. The van der Waals surface area contributed by atoms with Crippen LogP contribution in [0.25, 0.3) is 16.4 Å². The van der Waals surface area contributed by atoms with Crippen molar-refractivity contribution in [1.82, 2.24) is 19.5 Å². The molecule has 0 radical (unpaired) electrons. The van der Waals surface area contributed by atoms with Gasteiger partial charge in [-0.15, -0.1) is 23.0 Å². The zero-order chi connectivity index (χ0) is 24.1. The number of thiophene rings is 1. The number of nitrogens with one attached hydrogen (secondary N) is 2. The molecule has 0 atom stereocenters. The van der Waals surface area contributed by atoms with Gasteiger partial charge in [-0.05, 0) is 53.4 Å². The van der Waals surface area contributed by atoms with Gasteiger partial charge in [0.15, 0.2) is 5.82 Å². The van der Waals surface area contributed by atoms with Crippen LogP contribution >= 0.6 is 11.3 Å². The fourth-order valence-corrected chi connectivity index (χ4v) is 4.87. The largest absolute Gasteiger partial charge is 0.319 e. The Morgan fingerprint density at radius 2 is 1.85 bits per heavy atom. The van der Waals surface area contributed by atoms with Crippen LogP contribution in [0.5, 0.6) is 0 Å². The van der Waals surface area contributed by atoms with E-state index < -0.39 is 15.9 Å². The maximum atomic E-state index is 13.4. The van der Waals surface area contributed by atoms with Crippen molar-refractivity contribution in [3.8, 4) is 16.4 Å². The van der Waals surface area contributed by atoms with E-state index in [1.54, 1.807) is 36.4 Å². The summed E-state index contributed by atoms with van der Waals surface area (Å²) in [4.78, 5) is 18.0. The highest BCUT2D eigenvalue weighted by molar-refractivity contribution is 7.88. The van der Waals surface area contributed by atoms with Crippen molar-refractivity contribution >= 4 is 33.0 Å². The molecule has 2 heterocycles. The van der Waals surface area contributed by atoms with Gasteiger partial charge in [0.1, 0.15) is 5.82 Å². The summed E-state index contributed by atoms with van der Waals surface area (Å²) in [5.41, 5.74) is 1.58. The average molecular weight is 498 g/mol. The number of rotatable bonds is 9. The quantitative estimate of drug-likeness (QED) is 0.340. The predicted octanol–water partition coefficient (Wildman–Crippen LogP) is 3.99. The number of benzene rings is 2. The monoisotopic (exact) mass is 497 g/mol. The van der Waals surface area contributed by atoms with Gasteiger partial charge in [0.2, 0.25) is 15.8 Å². The smallest absolute Gasteiger partial charge is 0.295 e. The van der Waals surface area contributed by atoms with Crippen molar-refractivity contribution < 1.29 is 17.6 Å². The summed E-state index contributed by atoms with van der Waals surface area (Å²) in [5, 5.41) is 8.94. The second-order valence-corrected chi connectivity index (χ2v) is 9.93. The van der Waals surface area contributed by atoms with Crippen LogP contribution < -0.4 is 10.0 Å². The molecule has 0 unspecified atom stereocenters. The van der Waals surface area contributed by atoms with Crippen LogP contribution in [0.15, 0.2) is 78.7 Å². The number of aromatic nitrogens is 3. The Bertz CT molecular complexity index is 1400. The highest BCUT2D eigenvalue weighted by Gasteiger charge is 2.20. The molecule has 174 valence electrons. The van der Waals surface area contributed by atoms with E-state index in [4.69, 9.17) is 0 Å². The molecule has 8 nitrogen and oxygen atoms in total. The molecule has 1 amide bonds. The maximum Gasteiger partial charge on any atom is 0.295 e. The molecule has 0 spiro atoms. The van der Waals surface area contributed by atoms with Crippen molar-refractivity contribution in [2.24, 2.45) is 0 Å². The van der Waals surface area contributed by atoms with Gasteiger partial charge in [0.25, 0.3) is 5.91 Å². The van der Waals surface area contributed by atoms with Crippen LogP contribution in [0, 0.1) is 5.82 Å². The number of hydrogen-bond donors (Lipinski definition) is 2. The Hall–Kier alpha value is -3.67. The summed E-state index contributed by atoms with van der Waals surface area (Å²) < 4.78 is 41.3. The average Bonchev–Trinajstić information content (AvgIpc) is 3.49. The number of hydrogen-bond acceptors (Lipinski definition) is 6. The summed E-state index contributed by atoms with van der Waals surface area (Å²) >= 11 is 1.44. The topological polar surface area (TPSA) is 106 Å². The molecule has 34 heavy (non-hydrogen) atoms. The van der Waals surface area contributed by atoms with E-state index >= 15 is 0 Å². The Morgan fingerprint density at radius 3 is 2.50 bits per heavy atom. The highest BCUT2D eigenvalue weighted by Crippen LogP contribution is 2.26. The number of carbonyl (C=O) groups excluding carboxylic acids is 1. The molecule has 0 fully saturated rings. The molecular weight excluding hydrogens is 477 g/mol. The second kappa shape index (κ2) is 10.1. The molecule has 0 aliphatic carbocycles. The molecule has 0 saturated heterocycles. The maximum absolute atomic E-state index is 13.4. The molecule has 2 N–H and O–H groups in total. The third-order valence-electron chi connectivity index (χ3n) is 4.64. The molecule has 2 aromatic carbocycles. The van der Waals surface area contributed by atoms with Crippen molar-refractivity contribution in [3.05, 3.63) is 95.9 Å². The molecule has 0 aliphatic rings. The molecular formula is C23H20FN5O3S2. The zero-order valence-corrected chi connectivity index (χ0v) is 19.4. The van der Waals surface area contributed by atoms with Gasteiger partial charge in [0.05, 0.1) is 16.3 Å². The fraction of sp³-hybridized carbons (Fsp3) is 0.0870. The summed E-state index contributed by atoms with van der Waals surface area (Å²) in [6, 6.07) is 15.9. The van der Waals surface area contributed by atoms with Crippen LogP contribution in [-0.2, 0) is 15.8 Å². The first-order chi connectivity index (χ1) is 16.3. The molecule has 4 aromatic rings. The van der Waals surface area contributed by atoms with Crippen LogP contribution in [0.1, 0.15) is 16.2 Å². The number of carbonyl (C=O) groups is 1. The third kappa shape index (κ3) is 5.63. The fourth-order valence-electron chi connectivity index (χ4n) is 3.06. The van der Waals surface area contributed by atoms with E-state index in [0.717, 1.165) is 4.88 Å². The summed E-state index contributed by atoms with van der Waals surface area (Å²) in [6.45, 7) is 3.64. The number of halogens is 1. The van der Waals surface area contributed by atoms with Gasteiger partial charge >= 0.3 is 0 Å². The summed E-state index contributed by atoms with van der Waals surface area (Å²) in [7, 11) is -3.48. The van der Waals surface area contributed by atoms with E-state index in [1.807, 2.05) is 17.5 Å². The zero-order valence-electron chi connectivity index (χ0n) is 17.8. The van der Waals surface area contributed by atoms with Crippen molar-refractivity contribution in [2.45, 2.75) is 5.75 Å². The second-order valence-electron chi connectivity index (χ2n) is 7.17. The minimum Gasteiger partial charge on any atom is -0.319 e. The van der Waals surface area contributed by atoms with Crippen molar-refractivity contribution in [1.29, 1.82) is 0 Å². The van der Waals surface area contributed by atoms with E-state index in [2.05, 4.69) is 26.7 Å². The first kappa shape index (κ1) is 23.5. The van der Waals surface area contributed by atoms with Crippen molar-refractivity contribution in [3.63, 3.8) is 0 Å². The van der Waals surface area contributed by atoms with Gasteiger partial charge in [-0.2, -0.15) is 0 Å². The van der Waals surface area contributed by atoms with Gasteiger partial charge in [0, 0.05) is 12.2 Å². The Balaban J connectivity index is 1.54. The van der Waals surface area contributed by atoms with Crippen LogP contribution in [0.4, 0.5) is 10.1 Å². The number of sulfonamides is 1. The summed E-state index contributed by atoms with van der Waals surface area (Å²) in [5.74, 6) is -0.714. The molecule has 4 rings (SSSR count). The van der Waals surface area contributed by atoms with E-state index in [1.165, 1.54) is 34.2 Å². The lowest BCUT2D eigenvalue weighted by atomic mass is 10.2. The summed E-state index contributed by atoms with van der Waals surface area (Å²) in [6.07, 6.45) is 1.46. The number of anilines is 1. The highest BCUT2D eigenvalue weighted by atomic mass is 32.2. The standard InChI is InChI=1S/C23H20FN5O3S2/c1-2-13-25-34(31,32)15-16-5-9-18(10-6-16)26-23(30)21-27-22(20-4-3-14-33-20)29(28-21)19-11-7-17(24)8-12-19/h2-12,14,25H,1,13,15H2,(H,26,30). The lowest BCUT2D eigenvalue weighted by molar-refractivity contribution is 0.101. The Morgan fingerprint density at radius 1 is 1.12 bits per heavy atom. The van der Waals surface area contributed by atoms with E-state index in [9.17, 15) is 17.6 Å². The predicted molar refractivity (Wildman–Crippen MR) is 130 cm³/mol. The van der Waals surface area contributed by atoms with Gasteiger partial charge in [-0.3, -0.25) is 4.79 Å². The van der Waals surface area contributed by atoms with Gasteiger partial charge in [-0.1, -0.05) is 24.3 Å². The minimum absolute atomic E-state index is 0.0620. The molecule has 0 saturated carbocycles. The SMILES string of the molecule is C=CCNS(=O)(=O)Cc1ccc(NC(=O)c2nc(-c3cccs3)n(-c3ccc(F)cc3)n2)cc1. The van der Waals surface area contributed by atoms with Crippen LogP contribution in [-0.4, -0.2) is 35.6 Å². The lowest BCUT2D eigenvalue weighted by Gasteiger charge is -2.07. The van der Waals surface area contributed by atoms with E-state index in [0.29, 0.717) is 22.8 Å². The molecule has 0 bridgehead atoms. The van der Waals surface area contributed by atoms with Crippen LogP contribution in [0.3, 0.4) is 0 Å². The Labute approximate surface area is 199 Å². The number of nitrogens with zero attached hydrogens (tertiary/aromatic N) is 3. The minimum atomic E-state index is -3.48. The number of amides is 1. The first-order valence-corrected chi connectivity index (χ1v) is 12.6. The Kier molecular flexibility index (Phi) is 6.96.